The fourth-order valence-electron chi connectivity index (χ4n) is 1.25. The third kappa shape index (κ3) is 3.48. The van der Waals surface area contributed by atoms with Gasteiger partial charge >= 0.3 is 6.43 Å². The highest BCUT2D eigenvalue weighted by Crippen LogP contribution is 2.15. The van der Waals surface area contributed by atoms with Crippen LogP contribution in [0.2, 0.25) is 0 Å². The smallest absolute Gasteiger partial charge is 0.315 e. The van der Waals surface area contributed by atoms with Crippen molar-refractivity contribution in [2.75, 3.05) is 13.3 Å². The summed E-state index contributed by atoms with van der Waals surface area (Å²) in [5.41, 5.74) is 0.842. The number of thioether (sulfide) groups is 1. The largest absolute Gasteiger partial charge is 0.336 e. The van der Waals surface area contributed by atoms with Gasteiger partial charge in [0.2, 0.25) is 0 Å². The lowest BCUT2D eigenvalue weighted by molar-refractivity contribution is -0.141. The van der Waals surface area contributed by atoms with Gasteiger partial charge in [-0.05, 0) is 24.0 Å². The molecule has 0 aliphatic carbocycles. The van der Waals surface area contributed by atoms with E-state index in [1.165, 1.54) is 7.05 Å². The number of carbonyl (C=O) groups excluding carboxylic acids is 1. The van der Waals surface area contributed by atoms with Crippen LogP contribution >= 0.6 is 11.8 Å². The quantitative estimate of drug-likeness (QED) is 0.760. The Morgan fingerprint density at radius 3 is 2.38 bits per heavy atom. The molecule has 5 heteroatoms. The molecule has 1 aromatic rings. The van der Waals surface area contributed by atoms with Crippen molar-refractivity contribution in [1.29, 1.82) is 0 Å². The minimum atomic E-state index is -2.93. The summed E-state index contributed by atoms with van der Waals surface area (Å²) in [7, 11) is 1.37. The first-order valence-corrected chi connectivity index (χ1v) is 5.93. The van der Waals surface area contributed by atoms with Crippen LogP contribution in [0.25, 0.3) is 0 Å². The van der Waals surface area contributed by atoms with Crippen molar-refractivity contribution >= 4 is 17.7 Å². The lowest BCUT2D eigenvalue weighted by Gasteiger charge is -2.16. The van der Waals surface area contributed by atoms with E-state index in [9.17, 15) is 13.6 Å². The Kier molecular flexibility index (Phi) is 4.73. The molecular weight excluding hydrogens is 232 g/mol. The molecule has 88 valence electrons. The number of benzene rings is 1. The molecule has 0 saturated heterocycles. The average molecular weight is 245 g/mol. The summed E-state index contributed by atoms with van der Waals surface area (Å²) in [5.74, 6) is -1.14. The Labute approximate surface area is 97.6 Å². The first-order chi connectivity index (χ1) is 7.54. The number of hydrogen-bond donors (Lipinski definition) is 0. The average Bonchev–Trinajstić information content (AvgIpc) is 2.28. The number of amides is 1. The molecule has 1 aromatic carbocycles. The van der Waals surface area contributed by atoms with Crippen LogP contribution in [0, 0.1) is 0 Å². The molecule has 0 spiro atoms. The van der Waals surface area contributed by atoms with Gasteiger partial charge in [-0.2, -0.15) is 8.78 Å². The van der Waals surface area contributed by atoms with Crippen LogP contribution in [0.4, 0.5) is 8.78 Å². The second kappa shape index (κ2) is 5.84. The van der Waals surface area contributed by atoms with Crippen molar-refractivity contribution in [3.8, 4) is 0 Å². The molecule has 0 atom stereocenters. The highest BCUT2D eigenvalue weighted by Gasteiger charge is 2.19. The van der Waals surface area contributed by atoms with Crippen molar-refractivity contribution in [3.05, 3.63) is 29.8 Å². The van der Waals surface area contributed by atoms with Crippen molar-refractivity contribution < 1.29 is 13.6 Å². The van der Waals surface area contributed by atoms with E-state index in [0.717, 1.165) is 15.4 Å². The molecule has 0 heterocycles. The third-order valence-electron chi connectivity index (χ3n) is 2.14. The Balaban J connectivity index is 2.62. The van der Waals surface area contributed by atoms with Gasteiger partial charge in [0.05, 0.1) is 0 Å². The second-order valence-electron chi connectivity index (χ2n) is 3.34. The van der Waals surface area contributed by atoms with Gasteiger partial charge in [0.25, 0.3) is 5.91 Å². The first kappa shape index (κ1) is 13.0. The number of rotatable bonds is 4. The lowest BCUT2D eigenvalue weighted by atomic mass is 10.2. The molecule has 0 aliphatic heterocycles. The number of halogens is 2. The predicted molar refractivity (Wildman–Crippen MR) is 60.7 cm³/mol. The molecule has 16 heavy (non-hydrogen) atoms. The highest BCUT2D eigenvalue weighted by atomic mass is 32.2. The van der Waals surface area contributed by atoms with Crippen LogP contribution in [0.3, 0.4) is 0 Å². The summed E-state index contributed by atoms with van der Waals surface area (Å²) in [5, 5.41) is 0. The summed E-state index contributed by atoms with van der Waals surface area (Å²) in [4.78, 5) is 13.1. The van der Waals surface area contributed by atoms with Gasteiger partial charge in [-0.25, -0.2) is 0 Å². The Hall–Kier alpha value is -1.10. The van der Waals surface area contributed by atoms with Crippen LogP contribution in [0.5, 0.6) is 0 Å². The standard InChI is InChI=1S/C11H13F2NOS/c1-14(11(15)10(12)13)7-8-3-5-9(16-2)6-4-8/h3-6,10H,7H2,1-2H3. The van der Waals surface area contributed by atoms with E-state index < -0.39 is 12.3 Å². The molecule has 0 fully saturated rings. The Morgan fingerprint density at radius 2 is 1.94 bits per heavy atom. The van der Waals surface area contributed by atoms with E-state index in [1.54, 1.807) is 11.8 Å². The maximum atomic E-state index is 12.1. The van der Waals surface area contributed by atoms with Crippen LogP contribution in [-0.2, 0) is 11.3 Å². The molecule has 0 bridgehead atoms. The van der Waals surface area contributed by atoms with Crippen molar-refractivity contribution in [1.82, 2.24) is 4.90 Å². The monoisotopic (exact) mass is 245 g/mol. The summed E-state index contributed by atoms with van der Waals surface area (Å²) < 4.78 is 24.2. The van der Waals surface area contributed by atoms with Gasteiger partial charge in [0.1, 0.15) is 0 Å². The fraction of sp³-hybridized carbons (Fsp3) is 0.364. The lowest BCUT2D eigenvalue weighted by Crippen LogP contribution is -2.31. The Bertz CT molecular complexity index is 354. The maximum Gasteiger partial charge on any atom is 0.315 e. The number of nitrogens with zero attached hydrogens (tertiary/aromatic N) is 1. The Morgan fingerprint density at radius 1 is 1.38 bits per heavy atom. The van der Waals surface area contributed by atoms with Gasteiger partial charge < -0.3 is 4.90 Å². The molecule has 0 aromatic heterocycles. The summed E-state index contributed by atoms with van der Waals surface area (Å²) in [6, 6.07) is 7.48. The van der Waals surface area contributed by atoms with Crippen LogP contribution in [-0.4, -0.2) is 30.5 Å². The number of carbonyl (C=O) groups is 1. The second-order valence-corrected chi connectivity index (χ2v) is 4.22. The number of hydrogen-bond acceptors (Lipinski definition) is 2. The minimum Gasteiger partial charge on any atom is -0.336 e. The molecular formula is C11H13F2NOS. The third-order valence-corrected chi connectivity index (χ3v) is 2.89. The van der Waals surface area contributed by atoms with E-state index in [1.807, 2.05) is 30.5 Å². The van der Waals surface area contributed by atoms with Gasteiger partial charge in [-0.1, -0.05) is 12.1 Å². The normalized spacial score (nSPS) is 10.6. The molecule has 1 amide bonds. The van der Waals surface area contributed by atoms with E-state index in [0.29, 0.717) is 0 Å². The van der Waals surface area contributed by atoms with Crippen molar-refractivity contribution in [2.24, 2.45) is 0 Å². The molecule has 1 rings (SSSR count). The molecule has 0 saturated carbocycles. The van der Waals surface area contributed by atoms with Crippen LogP contribution in [0.15, 0.2) is 29.2 Å². The zero-order chi connectivity index (χ0) is 12.1. The summed E-state index contributed by atoms with van der Waals surface area (Å²) >= 11 is 1.61. The van der Waals surface area contributed by atoms with Gasteiger partial charge in [0.15, 0.2) is 0 Å². The SMILES string of the molecule is CSc1ccc(CN(C)C(=O)C(F)F)cc1. The van der Waals surface area contributed by atoms with Gasteiger partial charge in [0, 0.05) is 18.5 Å². The molecule has 0 unspecified atom stereocenters. The maximum absolute atomic E-state index is 12.1. The zero-order valence-corrected chi connectivity index (χ0v) is 9.93. The van der Waals surface area contributed by atoms with Crippen molar-refractivity contribution in [3.63, 3.8) is 0 Å². The summed E-state index contributed by atoms with van der Waals surface area (Å²) in [6.07, 6.45) is -0.975. The van der Waals surface area contributed by atoms with Crippen molar-refractivity contribution in [2.45, 2.75) is 17.9 Å². The molecule has 0 aliphatic rings. The van der Waals surface area contributed by atoms with Gasteiger partial charge in [-0.15, -0.1) is 11.8 Å². The highest BCUT2D eigenvalue weighted by molar-refractivity contribution is 7.98. The molecule has 0 N–H and O–H groups in total. The minimum absolute atomic E-state index is 0.206. The van der Waals surface area contributed by atoms with E-state index in [4.69, 9.17) is 0 Å². The molecule has 2 nitrogen and oxygen atoms in total. The molecule has 0 radical (unpaired) electrons. The van der Waals surface area contributed by atoms with Crippen LogP contribution < -0.4 is 0 Å². The van der Waals surface area contributed by atoms with E-state index in [2.05, 4.69) is 0 Å². The zero-order valence-electron chi connectivity index (χ0n) is 9.11. The predicted octanol–water partition coefficient (Wildman–Crippen LogP) is 2.63. The van der Waals surface area contributed by atoms with E-state index in [-0.39, 0.29) is 6.54 Å². The van der Waals surface area contributed by atoms with Crippen LogP contribution in [0.1, 0.15) is 5.56 Å². The topological polar surface area (TPSA) is 20.3 Å². The summed E-state index contributed by atoms with van der Waals surface area (Å²) in [6.45, 7) is 0.206. The van der Waals surface area contributed by atoms with E-state index >= 15 is 0 Å². The fourth-order valence-corrected chi connectivity index (χ4v) is 1.66. The number of alkyl halides is 2. The first-order valence-electron chi connectivity index (χ1n) is 4.70. The van der Waals surface area contributed by atoms with Gasteiger partial charge in [-0.3, -0.25) is 4.79 Å².